The number of nitrogens with zero attached hydrogens (tertiary/aromatic N) is 1. The first-order chi connectivity index (χ1) is 5.54. The van der Waals surface area contributed by atoms with Crippen LogP contribution in [0.3, 0.4) is 0 Å². The monoisotopic (exact) mass is 197 g/mol. The highest BCUT2D eigenvalue weighted by molar-refractivity contribution is 7.80. The molecule has 0 aliphatic carbocycles. The molecule has 0 aromatic heterocycles. The van der Waals surface area contributed by atoms with E-state index in [2.05, 4.69) is 5.92 Å². The van der Waals surface area contributed by atoms with Crippen LogP contribution in [0.4, 0.5) is 0 Å². The Kier molecular flexibility index (Phi) is 4.59. The van der Waals surface area contributed by atoms with E-state index >= 15 is 0 Å². The van der Waals surface area contributed by atoms with Gasteiger partial charge in [-0.05, 0) is 19.4 Å². The molecule has 1 atom stereocenters. The molecule has 0 heterocycles. The summed E-state index contributed by atoms with van der Waals surface area (Å²) in [5.74, 6) is 2.33. The summed E-state index contributed by atoms with van der Waals surface area (Å²) >= 11 is 10.6. The highest BCUT2D eigenvalue weighted by Crippen LogP contribution is 2.14. The van der Waals surface area contributed by atoms with Crippen LogP contribution in [0.15, 0.2) is 11.1 Å². The van der Waals surface area contributed by atoms with E-state index in [9.17, 15) is 0 Å². The highest BCUT2D eigenvalue weighted by Gasteiger charge is 2.10. The van der Waals surface area contributed by atoms with Gasteiger partial charge in [0.05, 0.1) is 5.57 Å². The summed E-state index contributed by atoms with van der Waals surface area (Å²) in [6.07, 6.45) is 5.10. The van der Waals surface area contributed by atoms with Gasteiger partial charge in [-0.15, -0.1) is 18.0 Å². The molecule has 1 unspecified atom stereocenters. The zero-order valence-corrected chi connectivity index (χ0v) is 8.46. The van der Waals surface area contributed by atoms with Gasteiger partial charge in [-0.1, -0.05) is 18.1 Å². The number of halogens is 1. The van der Waals surface area contributed by atoms with Crippen LogP contribution >= 0.6 is 23.8 Å². The average molecular weight is 198 g/mol. The maximum atomic E-state index is 8.69. The summed E-state index contributed by atoms with van der Waals surface area (Å²) in [6, 6.07) is 1.97. The maximum absolute atomic E-state index is 8.69. The van der Waals surface area contributed by atoms with Crippen molar-refractivity contribution in [1.29, 1.82) is 5.26 Å². The Morgan fingerprint density at radius 1 is 1.58 bits per heavy atom. The number of thiocarbonyl (C=S) groups is 1. The summed E-state index contributed by atoms with van der Waals surface area (Å²) in [5.41, 5.74) is 1.07. The van der Waals surface area contributed by atoms with Crippen LogP contribution in [-0.4, -0.2) is 10.2 Å². The normalized spacial score (nSPS) is 13.8. The number of terminal acetylenes is 1. The van der Waals surface area contributed by atoms with Crippen molar-refractivity contribution in [3.8, 4) is 18.4 Å². The fraction of sp³-hybridized carbons (Fsp3) is 0.333. The zero-order valence-electron chi connectivity index (χ0n) is 6.89. The molecule has 3 heteroatoms. The van der Waals surface area contributed by atoms with Crippen LogP contribution < -0.4 is 0 Å². The van der Waals surface area contributed by atoms with Gasteiger partial charge < -0.3 is 0 Å². The summed E-state index contributed by atoms with van der Waals surface area (Å²) in [5, 5.41) is 8.14. The van der Waals surface area contributed by atoms with Gasteiger partial charge >= 0.3 is 0 Å². The minimum atomic E-state index is -0.544. The predicted octanol–water partition coefficient (Wildman–Crippen LogP) is 2.46. The second-order valence-corrected chi connectivity index (χ2v) is 3.30. The molecule has 0 saturated heterocycles. The van der Waals surface area contributed by atoms with Crippen molar-refractivity contribution in [2.75, 3.05) is 0 Å². The van der Waals surface area contributed by atoms with Crippen LogP contribution in [-0.2, 0) is 0 Å². The molecule has 0 aromatic carbocycles. The van der Waals surface area contributed by atoms with Crippen molar-refractivity contribution in [3.63, 3.8) is 0 Å². The Morgan fingerprint density at radius 2 is 2.08 bits per heavy atom. The Labute approximate surface area is 83.0 Å². The van der Waals surface area contributed by atoms with Crippen molar-refractivity contribution in [2.24, 2.45) is 0 Å². The van der Waals surface area contributed by atoms with Gasteiger partial charge in [-0.25, -0.2) is 0 Å². The fourth-order valence-corrected chi connectivity index (χ4v) is 1.01. The zero-order chi connectivity index (χ0) is 9.72. The molecular weight excluding hydrogens is 190 g/mol. The summed E-state index contributed by atoms with van der Waals surface area (Å²) in [6.45, 7) is 3.39. The Morgan fingerprint density at radius 3 is 2.33 bits per heavy atom. The van der Waals surface area contributed by atoms with E-state index in [-0.39, 0.29) is 0 Å². The third kappa shape index (κ3) is 2.66. The molecule has 0 aliphatic heterocycles. The second kappa shape index (κ2) is 4.93. The molecule has 0 spiro atoms. The molecule has 0 fully saturated rings. The van der Waals surface area contributed by atoms with E-state index < -0.39 is 5.38 Å². The molecule has 12 heavy (non-hydrogen) atoms. The fourth-order valence-electron chi connectivity index (χ4n) is 0.696. The number of allylic oxidation sites excluding steroid dienone is 2. The molecule has 0 amide bonds. The number of nitriles is 1. The Bertz CT molecular complexity index is 303. The lowest BCUT2D eigenvalue weighted by molar-refractivity contribution is 1.24. The van der Waals surface area contributed by atoms with Crippen molar-refractivity contribution >= 4 is 28.7 Å². The summed E-state index contributed by atoms with van der Waals surface area (Å²) < 4.78 is 0. The van der Waals surface area contributed by atoms with E-state index in [1.807, 2.05) is 6.07 Å². The minimum Gasteiger partial charge on any atom is -0.192 e. The first-order valence-electron chi connectivity index (χ1n) is 3.26. The van der Waals surface area contributed by atoms with E-state index in [0.29, 0.717) is 16.0 Å². The largest absolute Gasteiger partial charge is 0.192 e. The molecule has 1 nitrogen and oxygen atoms in total. The molecule has 0 bridgehead atoms. The second-order valence-electron chi connectivity index (χ2n) is 2.26. The van der Waals surface area contributed by atoms with Crippen LogP contribution in [0.2, 0.25) is 0 Å². The quantitative estimate of drug-likeness (QED) is 0.223. The lowest BCUT2D eigenvalue weighted by atomic mass is 10.1. The van der Waals surface area contributed by atoms with Gasteiger partial charge in [-0.3, -0.25) is 0 Å². The van der Waals surface area contributed by atoms with Gasteiger partial charge in [-0.2, -0.15) is 5.26 Å². The molecule has 0 N–H and O–H groups in total. The number of hydrogen-bond donors (Lipinski definition) is 0. The smallest absolute Gasteiger partial charge is 0.116 e. The third-order valence-electron chi connectivity index (χ3n) is 1.38. The average Bonchev–Trinajstić information content (AvgIpc) is 2.03. The summed E-state index contributed by atoms with van der Waals surface area (Å²) in [7, 11) is 0. The van der Waals surface area contributed by atoms with Crippen molar-refractivity contribution in [3.05, 3.63) is 11.1 Å². The molecular formula is C9H8ClNS. The minimum absolute atomic E-state index is 0.419. The van der Waals surface area contributed by atoms with Gasteiger partial charge in [0.2, 0.25) is 0 Å². The number of hydrogen-bond acceptors (Lipinski definition) is 2. The van der Waals surface area contributed by atoms with Crippen molar-refractivity contribution < 1.29 is 0 Å². The summed E-state index contributed by atoms with van der Waals surface area (Å²) in [4.78, 5) is 0.524. The molecule has 0 aromatic rings. The topological polar surface area (TPSA) is 23.8 Å². The van der Waals surface area contributed by atoms with Gasteiger partial charge in [0, 0.05) is 4.86 Å². The van der Waals surface area contributed by atoms with Crippen molar-refractivity contribution in [2.45, 2.75) is 19.2 Å². The molecule has 0 rings (SSSR count). The van der Waals surface area contributed by atoms with Gasteiger partial charge in [0.15, 0.2) is 0 Å². The van der Waals surface area contributed by atoms with E-state index in [1.54, 1.807) is 13.8 Å². The van der Waals surface area contributed by atoms with E-state index in [1.165, 1.54) is 0 Å². The van der Waals surface area contributed by atoms with Crippen molar-refractivity contribution in [1.82, 2.24) is 0 Å². The van der Waals surface area contributed by atoms with Crippen LogP contribution in [0, 0.1) is 23.7 Å². The first kappa shape index (κ1) is 11.2. The van der Waals surface area contributed by atoms with Crippen LogP contribution in [0.5, 0.6) is 0 Å². The predicted molar refractivity (Wildman–Crippen MR) is 55.1 cm³/mol. The maximum Gasteiger partial charge on any atom is 0.116 e. The molecule has 0 saturated carbocycles. The van der Waals surface area contributed by atoms with E-state index in [4.69, 9.17) is 35.5 Å². The van der Waals surface area contributed by atoms with Gasteiger partial charge in [0.1, 0.15) is 11.4 Å². The molecule has 62 valence electrons. The third-order valence-corrected chi connectivity index (χ3v) is 2.04. The Hall–Kier alpha value is -0.830. The molecule has 0 radical (unpaired) electrons. The Balaban J connectivity index is 5.05. The standard InChI is InChI=1S/C9H8ClNS/c1-4-9(10)6(2)8(5-11)7(3)12/h1,9H,2-3H3/b8-6-. The molecule has 0 aliphatic rings. The number of alkyl halides is 1. The number of rotatable bonds is 2. The first-order valence-corrected chi connectivity index (χ1v) is 4.11. The van der Waals surface area contributed by atoms with Crippen LogP contribution in [0.1, 0.15) is 13.8 Å². The highest BCUT2D eigenvalue weighted by atomic mass is 35.5. The van der Waals surface area contributed by atoms with E-state index in [0.717, 1.165) is 0 Å². The van der Waals surface area contributed by atoms with Crippen LogP contribution in [0.25, 0.3) is 0 Å². The lowest BCUT2D eigenvalue weighted by Crippen LogP contribution is -2.04. The SMILES string of the molecule is C#CC(Cl)/C(C)=C(/C#N)C(C)=S. The van der Waals surface area contributed by atoms with Gasteiger partial charge in [0.25, 0.3) is 0 Å². The lowest BCUT2D eigenvalue weighted by Gasteiger charge is -2.04.